The van der Waals surface area contributed by atoms with Crippen molar-refractivity contribution in [1.29, 1.82) is 0 Å². The molecular weight excluding hydrogens is 280 g/mol. The number of aliphatic hydroxyl groups excluding tert-OH is 1. The molecule has 0 aromatic heterocycles. The highest BCUT2D eigenvalue weighted by atomic mass is 16.3. The predicted molar refractivity (Wildman–Crippen MR) is 97.4 cm³/mol. The summed E-state index contributed by atoms with van der Waals surface area (Å²) in [5.74, 6) is 0. The molecule has 0 aliphatic heterocycles. The summed E-state index contributed by atoms with van der Waals surface area (Å²) in [4.78, 5) is 0. The van der Waals surface area contributed by atoms with Gasteiger partial charge in [0, 0.05) is 0 Å². The van der Waals surface area contributed by atoms with Gasteiger partial charge in [0.25, 0.3) is 0 Å². The molecule has 0 fully saturated rings. The number of aryl methyl sites for hydroxylation is 2. The van der Waals surface area contributed by atoms with E-state index in [4.69, 9.17) is 0 Å². The summed E-state index contributed by atoms with van der Waals surface area (Å²) in [5, 5.41) is 10.1. The molecule has 23 heavy (non-hydrogen) atoms. The minimum atomic E-state index is -0.482. The maximum atomic E-state index is 10.1. The molecule has 0 heterocycles. The molecule has 0 saturated heterocycles. The molecule has 0 bridgehead atoms. The Morgan fingerprint density at radius 1 is 0.609 bits per heavy atom. The first-order valence-corrected chi connectivity index (χ1v) is 8.00. The van der Waals surface area contributed by atoms with Crippen molar-refractivity contribution in [3.05, 3.63) is 83.4 Å². The molecule has 0 unspecified atom stereocenters. The van der Waals surface area contributed by atoms with Crippen LogP contribution in [0.4, 0.5) is 0 Å². The second kappa shape index (κ2) is 6.39. The van der Waals surface area contributed by atoms with Crippen LogP contribution >= 0.6 is 0 Å². The average molecular weight is 302 g/mol. The van der Waals surface area contributed by atoms with E-state index in [0.29, 0.717) is 0 Å². The largest absolute Gasteiger partial charge is 0.389 e. The lowest BCUT2D eigenvalue weighted by atomic mass is 9.94. The predicted octanol–water partition coefficient (Wildman–Crippen LogP) is 5.69. The Hall–Kier alpha value is -2.38. The van der Waals surface area contributed by atoms with Gasteiger partial charge in [-0.3, -0.25) is 0 Å². The van der Waals surface area contributed by atoms with Crippen molar-refractivity contribution in [2.24, 2.45) is 0 Å². The zero-order valence-corrected chi connectivity index (χ0v) is 13.9. The van der Waals surface area contributed by atoms with Gasteiger partial charge in [-0.1, -0.05) is 59.7 Å². The van der Waals surface area contributed by atoms with E-state index < -0.39 is 6.10 Å². The fraction of sp³-hybridized carbons (Fsp3) is 0.182. The second-order valence-corrected chi connectivity index (χ2v) is 6.25. The van der Waals surface area contributed by atoms with Gasteiger partial charge in [0.05, 0.1) is 6.10 Å². The van der Waals surface area contributed by atoms with Crippen molar-refractivity contribution in [2.75, 3.05) is 0 Å². The lowest BCUT2D eigenvalue weighted by molar-refractivity contribution is 0.199. The summed E-state index contributed by atoms with van der Waals surface area (Å²) >= 11 is 0. The van der Waals surface area contributed by atoms with Crippen molar-refractivity contribution in [2.45, 2.75) is 26.9 Å². The van der Waals surface area contributed by atoms with E-state index >= 15 is 0 Å². The minimum absolute atomic E-state index is 0.482. The average Bonchev–Trinajstić information content (AvgIpc) is 2.55. The van der Waals surface area contributed by atoms with Crippen LogP contribution in [0, 0.1) is 13.8 Å². The molecule has 3 aromatic carbocycles. The van der Waals surface area contributed by atoms with Gasteiger partial charge in [0.2, 0.25) is 0 Å². The lowest BCUT2D eigenvalue weighted by Gasteiger charge is -2.13. The van der Waals surface area contributed by atoms with Crippen LogP contribution in [0.1, 0.15) is 29.7 Å². The summed E-state index contributed by atoms with van der Waals surface area (Å²) in [6.45, 7) is 5.99. The van der Waals surface area contributed by atoms with Crippen molar-refractivity contribution in [1.82, 2.24) is 0 Å². The topological polar surface area (TPSA) is 20.2 Å². The molecule has 0 amide bonds. The van der Waals surface area contributed by atoms with Crippen LogP contribution in [0.5, 0.6) is 0 Å². The molecule has 0 radical (unpaired) electrons. The van der Waals surface area contributed by atoms with Crippen molar-refractivity contribution in [3.63, 3.8) is 0 Å². The SMILES string of the molecule is Cc1ccc(-c2cc(-c3ccc(C)cc3)cc([C@H](C)O)c2)cc1. The Morgan fingerprint density at radius 2 is 1.00 bits per heavy atom. The quantitative estimate of drug-likeness (QED) is 0.659. The molecule has 3 rings (SSSR count). The third-order valence-electron chi connectivity index (χ3n) is 4.21. The van der Waals surface area contributed by atoms with Crippen LogP contribution in [0.3, 0.4) is 0 Å². The monoisotopic (exact) mass is 302 g/mol. The molecule has 1 atom stereocenters. The highest BCUT2D eigenvalue weighted by molar-refractivity contribution is 5.74. The van der Waals surface area contributed by atoms with E-state index in [1.54, 1.807) is 0 Å². The van der Waals surface area contributed by atoms with E-state index in [0.717, 1.165) is 16.7 Å². The number of benzene rings is 3. The summed E-state index contributed by atoms with van der Waals surface area (Å²) in [6, 6.07) is 23.4. The Labute approximate surface area is 138 Å². The molecule has 1 heteroatoms. The normalized spacial score (nSPS) is 12.2. The highest BCUT2D eigenvalue weighted by Crippen LogP contribution is 2.31. The third-order valence-corrected chi connectivity index (χ3v) is 4.21. The molecule has 0 saturated carbocycles. The van der Waals surface area contributed by atoms with Crippen molar-refractivity contribution < 1.29 is 5.11 Å². The molecule has 1 nitrogen and oxygen atoms in total. The third kappa shape index (κ3) is 3.52. The zero-order valence-electron chi connectivity index (χ0n) is 13.9. The molecular formula is C22H22O. The van der Waals surface area contributed by atoms with Crippen molar-refractivity contribution in [3.8, 4) is 22.3 Å². The van der Waals surface area contributed by atoms with Crippen LogP contribution in [0.2, 0.25) is 0 Å². The number of aliphatic hydroxyl groups is 1. The first kappa shape index (κ1) is 15.5. The Kier molecular flexibility index (Phi) is 4.31. The first-order chi connectivity index (χ1) is 11.0. The number of hydrogen-bond donors (Lipinski definition) is 1. The summed E-state index contributed by atoms with van der Waals surface area (Å²) in [6.07, 6.45) is -0.482. The summed E-state index contributed by atoms with van der Waals surface area (Å²) < 4.78 is 0. The highest BCUT2D eigenvalue weighted by Gasteiger charge is 2.08. The molecule has 116 valence electrons. The molecule has 1 N–H and O–H groups in total. The number of rotatable bonds is 3. The molecule has 0 aliphatic carbocycles. The summed E-state index contributed by atoms with van der Waals surface area (Å²) in [7, 11) is 0. The van der Waals surface area contributed by atoms with Gasteiger partial charge in [-0.15, -0.1) is 0 Å². The van der Waals surface area contributed by atoms with Gasteiger partial charge < -0.3 is 5.11 Å². The lowest BCUT2D eigenvalue weighted by Crippen LogP contribution is -1.93. The summed E-state index contributed by atoms with van der Waals surface area (Å²) in [5.41, 5.74) is 8.06. The Balaban J connectivity index is 2.13. The smallest absolute Gasteiger partial charge is 0.0762 e. The van der Waals surface area contributed by atoms with E-state index in [9.17, 15) is 5.11 Å². The van der Waals surface area contributed by atoms with E-state index in [1.165, 1.54) is 22.3 Å². The van der Waals surface area contributed by atoms with Crippen LogP contribution in [-0.2, 0) is 0 Å². The van der Waals surface area contributed by atoms with Crippen LogP contribution in [0.25, 0.3) is 22.3 Å². The number of hydrogen-bond acceptors (Lipinski definition) is 1. The van der Waals surface area contributed by atoms with Gasteiger partial charge in [-0.25, -0.2) is 0 Å². The first-order valence-electron chi connectivity index (χ1n) is 8.00. The van der Waals surface area contributed by atoms with Gasteiger partial charge in [-0.05, 0) is 66.8 Å². The molecule has 0 spiro atoms. The molecule has 3 aromatic rings. The van der Waals surface area contributed by atoms with Gasteiger partial charge >= 0.3 is 0 Å². The fourth-order valence-corrected chi connectivity index (χ4v) is 2.72. The van der Waals surface area contributed by atoms with Crippen LogP contribution < -0.4 is 0 Å². The minimum Gasteiger partial charge on any atom is -0.389 e. The maximum absolute atomic E-state index is 10.1. The van der Waals surface area contributed by atoms with Gasteiger partial charge in [0.15, 0.2) is 0 Å². The maximum Gasteiger partial charge on any atom is 0.0762 e. The fourth-order valence-electron chi connectivity index (χ4n) is 2.72. The van der Waals surface area contributed by atoms with E-state index in [2.05, 4.69) is 80.6 Å². The molecule has 0 aliphatic rings. The van der Waals surface area contributed by atoms with Crippen molar-refractivity contribution >= 4 is 0 Å². The van der Waals surface area contributed by atoms with Crippen LogP contribution in [-0.4, -0.2) is 5.11 Å². The zero-order chi connectivity index (χ0) is 16.4. The van der Waals surface area contributed by atoms with Crippen LogP contribution in [0.15, 0.2) is 66.7 Å². The van der Waals surface area contributed by atoms with E-state index in [1.807, 2.05) is 6.92 Å². The Bertz CT molecular complexity index is 733. The Morgan fingerprint density at radius 3 is 1.35 bits per heavy atom. The van der Waals surface area contributed by atoms with Gasteiger partial charge in [-0.2, -0.15) is 0 Å². The standard InChI is InChI=1S/C22H22O/c1-15-4-8-18(9-5-15)21-12-20(17(3)23)13-22(14-21)19-10-6-16(2)7-11-19/h4-14,17,23H,1-3H3/t17-/m0/s1. The van der Waals surface area contributed by atoms with Gasteiger partial charge in [0.1, 0.15) is 0 Å². The van der Waals surface area contributed by atoms with E-state index in [-0.39, 0.29) is 0 Å². The second-order valence-electron chi connectivity index (χ2n) is 6.25.